The van der Waals surface area contributed by atoms with Crippen LogP contribution in [0.2, 0.25) is 0 Å². The molecule has 13 heteroatoms. The Morgan fingerprint density at radius 1 is 0.544 bits per heavy atom. The first-order chi connectivity index (χ1) is 27.9. The number of aromatic nitrogens is 3. The molecule has 0 spiro atoms. The Labute approximate surface area is 327 Å². The molecule has 0 radical (unpaired) electrons. The van der Waals surface area contributed by atoms with Gasteiger partial charge in [0.15, 0.2) is 24.6 Å². The maximum absolute atomic E-state index is 13.8. The van der Waals surface area contributed by atoms with Crippen molar-refractivity contribution in [1.29, 1.82) is 0 Å². The summed E-state index contributed by atoms with van der Waals surface area (Å²) in [7, 11) is 0. The first kappa shape index (κ1) is 38.3. The Kier molecular flexibility index (Phi) is 12.5. The summed E-state index contributed by atoms with van der Waals surface area (Å²) in [5.41, 5.74) is 2.34. The minimum Gasteiger partial charge on any atom is -0.459 e. The molecule has 1 saturated heterocycles. The molecule has 0 amide bonds. The fourth-order valence-electron chi connectivity index (χ4n) is 6.07. The minimum absolute atomic E-state index is 0.0496. The number of hydrogen-bond acceptors (Lipinski definition) is 12. The van der Waals surface area contributed by atoms with Crippen molar-refractivity contribution >= 4 is 23.9 Å². The van der Waals surface area contributed by atoms with Gasteiger partial charge in [0.2, 0.25) is 0 Å². The van der Waals surface area contributed by atoms with Crippen LogP contribution in [0.1, 0.15) is 41.4 Å². The van der Waals surface area contributed by atoms with Gasteiger partial charge in [0, 0.05) is 5.56 Å². The predicted molar refractivity (Wildman–Crippen MR) is 204 cm³/mol. The van der Waals surface area contributed by atoms with E-state index in [1.54, 1.807) is 132 Å². The van der Waals surface area contributed by atoms with E-state index >= 15 is 0 Å². The quantitative estimate of drug-likeness (QED) is 0.0913. The normalized spacial score (nSPS) is 18.8. The van der Waals surface area contributed by atoms with Crippen molar-refractivity contribution in [3.05, 3.63) is 180 Å². The summed E-state index contributed by atoms with van der Waals surface area (Å²) in [5.74, 6) is -3.07. The smallest absolute Gasteiger partial charge is 0.338 e. The van der Waals surface area contributed by atoms with E-state index in [0.29, 0.717) is 5.69 Å². The SMILES string of the molecule is O=C(OC[C@H]1O[C@H](OCCn2cc(-c3ccccc3)nn2)[C@@H](OC(=O)c2ccccc2)[C@@H](OC(=O)c2ccccc2)[C@@H]1OC(=O)c1ccccc1)c1ccccc1. The van der Waals surface area contributed by atoms with Crippen LogP contribution < -0.4 is 0 Å². The molecular formula is C44H37N3O10. The Morgan fingerprint density at radius 3 is 1.49 bits per heavy atom. The lowest BCUT2D eigenvalue weighted by molar-refractivity contribution is -0.298. The number of esters is 4. The molecule has 1 aliphatic heterocycles. The molecule has 0 aliphatic carbocycles. The van der Waals surface area contributed by atoms with Crippen LogP contribution in [0.3, 0.4) is 0 Å². The summed E-state index contributed by atoms with van der Waals surface area (Å²) in [5, 5.41) is 8.47. The highest BCUT2D eigenvalue weighted by Crippen LogP contribution is 2.32. The predicted octanol–water partition coefficient (Wildman–Crippen LogP) is 6.22. The van der Waals surface area contributed by atoms with Crippen molar-refractivity contribution in [2.75, 3.05) is 13.2 Å². The lowest BCUT2D eigenvalue weighted by atomic mass is 9.97. The monoisotopic (exact) mass is 767 g/mol. The molecule has 7 rings (SSSR count). The molecule has 1 aliphatic rings. The number of ether oxygens (including phenoxy) is 6. The maximum Gasteiger partial charge on any atom is 0.338 e. The summed E-state index contributed by atoms with van der Waals surface area (Å²) >= 11 is 0. The fraction of sp³-hybridized carbons (Fsp3) is 0.182. The van der Waals surface area contributed by atoms with Gasteiger partial charge in [-0.2, -0.15) is 0 Å². The summed E-state index contributed by atoms with van der Waals surface area (Å²) in [6.45, 7) is -0.331. The molecule has 0 bridgehead atoms. The second-order valence-corrected chi connectivity index (χ2v) is 12.8. The summed E-state index contributed by atoms with van der Waals surface area (Å²) in [4.78, 5) is 54.4. The third kappa shape index (κ3) is 9.84. The van der Waals surface area contributed by atoms with Crippen molar-refractivity contribution in [2.24, 2.45) is 0 Å². The average Bonchev–Trinajstić information content (AvgIpc) is 3.75. The van der Waals surface area contributed by atoms with E-state index in [-0.39, 0.29) is 35.4 Å². The lowest BCUT2D eigenvalue weighted by Crippen LogP contribution is -2.63. The molecule has 1 aromatic heterocycles. The molecule has 5 aromatic carbocycles. The van der Waals surface area contributed by atoms with Gasteiger partial charge in [-0.1, -0.05) is 108 Å². The number of hydrogen-bond donors (Lipinski definition) is 0. The molecule has 57 heavy (non-hydrogen) atoms. The standard InChI is InChI=1S/C44H37N3O10/c48-40(31-18-8-2-9-19-31)53-29-36-37(55-41(49)32-20-10-3-11-21-32)38(56-42(50)33-22-12-4-13-23-33)39(57-43(51)34-24-14-5-15-25-34)44(54-36)52-27-26-47-28-35(45-46-47)30-16-6-1-7-17-30/h1-25,28,36-39,44H,26-27,29H2/t36-,37-,38+,39+,44+/m1/s1. The second-order valence-electron chi connectivity index (χ2n) is 12.8. The Balaban J connectivity index is 1.23. The average molecular weight is 768 g/mol. The van der Waals surface area contributed by atoms with Crippen LogP contribution in [-0.2, 0) is 35.0 Å². The first-order valence-corrected chi connectivity index (χ1v) is 18.2. The highest BCUT2D eigenvalue weighted by Gasteiger charge is 2.53. The molecule has 0 N–H and O–H groups in total. The van der Waals surface area contributed by atoms with Gasteiger partial charge in [-0.25, -0.2) is 23.9 Å². The van der Waals surface area contributed by atoms with Gasteiger partial charge in [-0.05, 0) is 48.5 Å². The van der Waals surface area contributed by atoms with Crippen LogP contribution >= 0.6 is 0 Å². The van der Waals surface area contributed by atoms with Gasteiger partial charge in [0.1, 0.15) is 18.4 Å². The van der Waals surface area contributed by atoms with E-state index in [0.717, 1.165) is 5.56 Å². The minimum atomic E-state index is -1.53. The summed E-state index contributed by atoms with van der Waals surface area (Å²) < 4.78 is 38.2. The van der Waals surface area contributed by atoms with Crippen molar-refractivity contribution in [3.8, 4) is 11.3 Å². The van der Waals surface area contributed by atoms with Crippen LogP contribution in [-0.4, -0.2) is 82.8 Å². The van der Waals surface area contributed by atoms with E-state index in [1.165, 1.54) is 0 Å². The Bertz CT molecular complexity index is 2240. The van der Waals surface area contributed by atoms with Crippen LogP contribution in [0.4, 0.5) is 0 Å². The van der Waals surface area contributed by atoms with Crippen LogP contribution in [0.25, 0.3) is 11.3 Å². The van der Waals surface area contributed by atoms with Gasteiger partial charge in [-0.15, -0.1) is 5.10 Å². The van der Waals surface area contributed by atoms with E-state index < -0.39 is 61.2 Å². The lowest BCUT2D eigenvalue weighted by Gasteiger charge is -2.44. The molecule has 13 nitrogen and oxygen atoms in total. The van der Waals surface area contributed by atoms with Crippen molar-refractivity contribution < 1.29 is 47.6 Å². The molecule has 5 atom stereocenters. The van der Waals surface area contributed by atoms with Gasteiger partial charge < -0.3 is 28.4 Å². The van der Waals surface area contributed by atoms with Gasteiger partial charge in [0.25, 0.3) is 0 Å². The van der Waals surface area contributed by atoms with E-state index in [9.17, 15) is 19.2 Å². The van der Waals surface area contributed by atoms with Crippen molar-refractivity contribution in [1.82, 2.24) is 15.0 Å². The van der Waals surface area contributed by atoms with Crippen molar-refractivity contribution in [2.45, 2.75) is 37.3 Å². The van der Waals surface area contributed by atoms with Gasteiger partial charge in [0.05, 0.1) is 41.6 Å². The number of carbonyl (C=O) groups excluding carboxylic acids is 4. The fourth-order valence-corrected chi connectivity index (χ4v) is 6.07. The second kappa shape index (κ2) is 18.6. The first-order valence-electron chi connectivity index (χ1n) is 18.2. The number of rotatable bonds is 14. The highest BCUT2D eigenvalue weighted by atomic mass is 16.7. The third-order valence-corrected chi connectivity index (χ3v) is 8.95. The number of carbonyl (C=O) groups is 4. The van der Waals surface area contributed by atoms with E-state index in [1.807, 2.05) is 30.3 Å². The molecular weight excluding hydrogens is 730 g/mol. The Morgan fingerprint density at radius 2 is 0.982 bits per heavy atom. The number of nitrogens with zero attached hydrogens (tertiary/aromatic N) is 3. The zero-order valence-electron chi connectivity index (χ0n) is 30.4. The van der Waals surface area contributed by atoms with Crippen molar-refractivity contribution in [3.63, 3.8) is 0 Å². The Hall–Kier alpha value is -6.96. The molecule has 6 aromatic rings. The summed E-state index contributed by atoms with van der Waals surface area (Å²) in [6.07, 6.45) is -5.49. The molecule has 288 valence electrons. The molecule has 2 heterocycles. The third-order valence-electron chi connectivity index (χ3n) is 8.95. The maximum atomic E-state index is 13.8. The van der Waals surface area contributed by atoms with E-state index in [4.69, 9.17) is 28.4 Å². The zero-order valence-corrected chi connectivity index (χ0v) is 30.4. The summed E-state index contributed by atoms with van der Waals surface area (Å²) in [6, 6.07) is 42.3. The number of benzene rings is 5. The van der Waals surface area contributed by atoms with Gasteiger partial charge >= 0.3 is 23.9 Å². The van der Waals surface area contributed by atoms with E-state index in [2.05, 4.69) is 10.3 Å². The highest BCUT2D eigenvalue weighted by molar-refractivity contribution is 5.91. The van der Waals surface area contributed by atoms with Crippen LogP contribution in [0.5, 0.6) is 0 Å². The van der Waals surface area contributed by atoms with Crippen LogP contribution in [0.15, 0.2) is 158 Å². The zero-order chi connectivity index (χ0) is 39.4. The molecule has 1 fully saturated rings. The topological polar surface area (TPSA) is 154 Å². The van der Waals surface area contributed by atoms with Crippen LogP contribution in [0, 0.1) is 0 Å². The largest absolute Gasteiger partial charge is 0.459 e. The van der Waals surface area contributed by atoms with Gasteiger partial charge in [-0.3, -0.25) is 0 Å². The molecule has 0 unspecified atom stereocenters. The molecule has 0 saturated carbocycles.